The summed E-state index contributed by atoms with van der Waals surface area (Å²) < 4.78 is 0. The average molecular weight is 316 g/mol. The largest absolute Gasteiger partial charge is 0.329 e. The highest BCUT2D eigenvalue weighted by molar-refractivity contribution is 6.30. The Morgan fingerprint density at radius 2 is 1.91 bits per heavy atom. The summed E-state index contributed by atoms with van der Waals surface area (Å²) in [5, 5.41) is 0.653. The molecule has 0 radical (unpaired) electrons. The number of carbonyl (C=O) groups is 1. The Bertz CT molecular complexity index is 664. The van der Waals surface area contributed by atoms with Crippen LogP contribution in [0.1, 0.15) is 31.1 Å². The van der Waals surface area contributed by atoms with E-state index in [9.17, 15) is 4.79 Å². The standard InChI is InChI=1S/C17H18ClN3O/c1-12(2)10-16(22)21(3)17(15-11-19-8-9-20-15)13-4-6-14(18)7-5-13/h4-11,17H,1-3H3. The van der Waals surface area contributed by atoms with Crippen LogP contribution in [0.15, 0.2) is 54.5 Å². The lowest BCUT2D eigenvalue weighted by Gasteiger charge is -2.27. The Hall–Kier alpha value is -2.20. The van der Waals surface area contributed by atoms with Gasteiger partial charge in [-0.2, -0.15) is 0 Å². The van der Waals surface area contributed by atoms with Gasteiger partial charge in [0.15, 0.2) is 0 Å². The first-order valence-corrected chi connectivity index (χ1v) is 7.30. The fraction of sp³-hybridized carbons (Fsp3) is 0.235. The molecule has 0 saturated carbocycles. The Labute approximate surface area is 135 Å². The Kier molecular flexibility index (Phi) is 5.28. The maximum Gasteiger partial charge on any atom is 0.247 e. The van der Waals surface area contributed by atoms with Crippen molar-refractivity contribution in [3.05, 3.63) is 70.8 Å². The first-order chi connectivity index (χ1) is 10.5. The number of benzene rings is 1. The second kappa shape index (κ2) is 7.18. The molecule has 1 heterocycles. The van der Waals surface area contributed by atoms with Crippen LogP contribution in [0.2, 0.25) is 5.02 Å². The first-order valence-electron chi connectivity index (χ1n) is 6.92. The molecule has 0 bridgehead atoms. The third kappa shape index (κ3) is 3.92. The smallest absolute Gasteiger partial charge is 0.247 e. The van der Waals surface area contributed by atoms with E-state index < -0.39 is 0 Å². The van der Waals surface area contributed by atoms with E-state index in [1.54, 1.807) is 48.7 Å². The summed E-state index contributed by atoms with van der Waals surface area (Å²) in [5.41, 5.74) is 2.59. The van der Waals surface area contributed by atoms with Gasteiger partial charge in [-0.3, -0.25) is 14.8 Å². The van der Waals surface area contributed by atoms with Gasteiger partial charge in [-0.05, 0) is 31.5 Å². The van der Waals surface area contributed by atoms with Crippen molar-refractivity contribution in [2.45, 2.75) is 19.9 Å². The summed E-state index contributed by atoms with van der Waals surface area (Å²) in [7, 11) is 1.76. The zero-order valence-corrected chi connectivity index (χ0v) is 13.6. The van der Waals surface area contributed by atoms with Gasteiger partial charge in [0.05, 0.1) is 11.9 Å². The molecule has 0 saturated heterocycles. The molecule has 0 aliphatic carbocycles. The highest BCUT2D eigenvalue weighted by atomic mass is 35.5. The second-order valence-corrected chi connectivity index (χ2v) is 5.69. The molecule has 1 atom stereocenters. The van der Waals surface area contributed by atoms with Gasteiger partial charge in [-0.25, -0.2) is 0 Å². The number of carbonyl (C=O) groups excluding carboxylic acids is 1. The van der Waals surface area contributed by atoms with E-state index >= 15 is 0 Å². The number of hydrogen-bond acceptors (Lipinski definition) is 3. The number of allylic oxidation sites excluding steroid dienone is 1. The molecule has 5 heteroatoms. The first kappa shape index (κ1) is 16.2. The minimum Gasteiger partial charge on any atom is -0.329 e. The number of nitrogens with zero attached hydrogens (tertiary/aromatic N) is 3. The van der Waals surface area contributed by atoms with E-state index in [1.807, 2.05) is 26.0 Å². The van der Waals surface area contributed by atoms with Crippen LogP contribution in [-0.4, -0.2) is 27.8 Å². The van der Waals surface area contributed by atoms with Crippen molar-refractivity contribution in [3.63, 3.8) is 0 Å². The van der Waals surface area contributed by atoms with Crippen molar-refractivity contribution < 1.29 is 4.79 Å². The molecule has 2 rings (SSSR count). The van der Waals surface area contributed by atoms with Crippen molar-refractivity contribution in [1.82, 2.24) is 14.9 Å². The zero-order valence-electron chi connectivity index (χ0n) is 12.8. The van der Waals surface area contributed by atoms with E-state index in [1.165, 1.54) is 0 Å². The number of hydrogen-bond donors (Lipinski definition) is 0. The van der Waals surface area contributed by atoms with Gasteiger partial charge in [0.25, 0.3) is 0 Å². The van der Waals surface area contributed by atoms with Crippen LogP contribution in [0.5, 0.6) is 0 Å². The normalized spacial score (nSPS) is 11.6. The van der Waals surface area contributed by atoms with E-state index in [-0.39, 0.29) is 11.9 Å². The quantitative estimate of drug-likeness (QED) is 0.809. The Morgan fingerprint density at radius 1 is 1.23 bits per heavy atom. The number of likely N-dealkylation sites (N-methyl/N-ethyl adjacent to an activating group) is 1. The fourth-order valence-electron chi connectivity index (χ4n) is 2.17. The van der Waals surface area contributed by atoms with E-state index in [4.69, 9.17) is 11.6 Å². The summed E-state index contributed by atoms with van der Waals surface area (Å²) in [6.07, 6.45) is 6.52. The van der Waals surface area contributed by atoms with Crippen LogP contribution in [0.3, 0.4) is 0 Å². The summed E-state index contributed by atoms with van der Waals surface area (Å²) in [6, 6.07) is 7.09. The molecule has 1 aromatic carbocycles. The van der Waals surface area contributed by atoms with E-state index in [2.05, 4.69) is 9.97 Å². The molecule has 1 unspecified atom stereocenters. The average Bonchev–Trinajstić information content (AvgIpc) is 2.50. The molecule has 114 valence electrons. The van der Waals surface area contributed by atoms with Gasteiger partial charge in [-0.15, -0.1) is 0 Å². The van der Waals surface area contributed by atoms with Gasteiger partial charge in [0.1, 0.15) is 6.04 Å². The molecule has 1 aromatic heterocycles. The van der Waals surface area contributed by atoms with Gasteiger partial charge in [-0.1, -0.05) is 29.3 Å². The third-order valence-corrected chi connectivity index (χ3v) is 3.45. The molecule has 4 nitrogen and oxygen atoms in total. The molecule has 22 heavy (non-hydrogen) atoms. The number of halogens is 1. The highest BCUT2D eigenvalue weighted by Crippen LogP contribution is 2.27. The molecule has 2 aromatic rings. The maximum absolute atomic E-state index is 12.4. The van der Waals surface area contributed by atoms with E-state index in [0.29, 0.717) is 10.7 Å². The van der Waals surface area contributed by atoms with Gasteiger partial charge >= 0.3 is 0 Å². The molecule has 0 N–H and O–H groups in total. The van der Waals surface area contributed by atoms with E-state index in [0.717, 1.165) is 11.1 Å². The Morgan fingerprint density at radius 3 is 2.45 bits per heavy atom. The molecular weight excluding hydrogens is 298 g/mol. The van der Waals surface area contributed by atoms with Crippen molar-refractivity contribution in [2.75, 3.05) is 7.05 Å². The SMILES string of the molecule is CC(C)=CC(=O)N(C)C(c1ccc(Cl)cc1)c1cnccn1. The lowest BCUT2D eigenvalue weighted by Crippen LogP contribution is -2.31. The topological polar surface area (TPSA) is 46.1 Å². The number of aromatic nitrogens is 2. The second-order valence-electron chi connectivity index (χ2n) is 5.26. The van der Waals surface area contributed by atoms with Crippen LogP contribution < -0.4 is 0 Å². The predicted molar refractivity (Wildman–Crippen MR) is 87.5 cm³/mol. The Balaban J connectivity index is 2.44. The monoisotopic (exact) mass is 315 g/mol. The molecular formula is C17H18ClN3O. The number of rotatable bonds is 4. The third-order valence-electron chi connectivity index (χ3n) is 3.20. The summed E-state index contributed by atoms with van der Waals surface area (Å²) in [4.78, 5) is 22.5. The van der Waals surface area contributed by atoms with Crippen molar-refractivity contribution in [2.24, 2.45) is 0 Å². The molecule has 0 fully saturated rings. The lowest BCUT2D eigenvalue weighted by atomic mass is 10.0. The van der Waals surface area contributed by atoms with Crippen molar-refractivity contribution >= 4 is 17.5 Å². The van der Waals surface area contributed by atoms with Crippen LogP contribution in [0.4, 0.5) is 0 Å². The predicted octanol–water partition coefficient (Wildman–Crippen LogP) is 3.64. The fourth-order valence-corrected chi connectivity index (χ4v) is 2.29. The minimum absolute atomic E-state index is 0.0781. The van der Waals surface area contributed by atoms with Gasteiger partial charge < -0.3 is 4.90 Å². The van der Waals surface area contributed by atoms with Crippen molar-refractivity contribution in [1.29, 1.82) is 0 Å². The van der Waals surface area contributed by atoms with Crippen molar-refractivity contribution in [3.8, 4) is 0 Å². The summed E-state index contributed by atoms with van der Waals surface area (Å²) in [5.74, 6) is -0.0781. The molecule has 1 amide bonds. The van der Waals surface area contributed by atoms with Crippen LogP contribution >= 0.6 is 11.6 Å². The van der Waals surface area contributed by atoms with Gasteiger partial charge in [0.2, 0.25) is 5.91 Å². The van der Waals surface area contributed by atoms with Gasteiger partial charge in [0, 0.05) is 30.5 Å². The highest BCUT2D eigenvalue weighted by Gasteiger charge is 2.23. The molecule has 0 aliphatic rings. The maximum atomic E-state index is 12.4. The minimum atomic E-state index is -0.311. The van der Waals surface area contributed by atoms with Crippen LogP contribution in [0.25, 0.3) is 0 Å². The van der Waals surface area contributed by atoms with Crippen LogP contribution in [0, 0.1) is 0 Å². The van der Waals surface area contributed by atoms with Crippen LogP contribution in [-0.2, 0) is 4.79 Å². The summed E-state index contributed by atoms with van der Waals surface area (Å²) >= 11 is 5.96. The lowest BCUT2D eigenvalue weighted by molar-refractivity contribution is -0.126. The molecule has 0 spiro atoms. The molecule has 0 aliphatic heterocycles. The summed E-state index contributed by atoms with van der Waals surface area (Å²) in [6.45, 7) is 3.79. The number of amides is 1. The zero-order chi connectivity index (χ0) is 16.1.